The van der Waals surface area contributed by atoms with Crippen LogP contribution in [0.3, 0.4) is 0 Å². The molecule has 90 valence electrons. The van der Waals surface area contributed by atoms with Crippen molar-refractivity contribution in [3.63, 3.8) is 0 Å². The van der Waals surface area contributed by atoms with Crippen molar-refractivity contribution in [2.75, 3.05) is 0 Å². The molecule has 0 saturated heterocycles. The summed E-state index contributed by atoms with van der Waals surface area (Å²) in [7, 11) is 0. The van der Waals surface area contributed by atoms with Crippen molar-refractivity contribution in [1.82, 2.24) is 5.32 Å². The molecule has 1 aliphatic carbocycles. The first-order chi connectivity index (χ1) is 7.66. The molecule has 2 unspecified atom stereocenters. The van der Waals surface area contributed by atoms with E-state index in [0.29, 0.717) is 12.1 Å². The van der Waals surface area contributed by atoms with Gasteiger partial charge in [-0.25, -0.2) is 0 Å². The Morgan fingerprint density at radius 3 is 2.56 bits per heavy atom. The van der Waals surface area contributed by atoms with Crippen LogP contribution in [-0.2, 0) is 0 Å². The third kappa shape index (κ3) is 2.99. The Balaban J connectivity index is 1.88. The van der Waals surface area contributed by atoms with Crippen LogP contribution in [0, 0.1) is 5.92 Å². The van der Waals surface area contributed by atoms with Crippen LogP contribution >= 0.6 is 22.9 Å². The van der Waals surface area contributed by atoms with Crippen LogP contribution in [0.1, 0.15) is 50.4 Å². The fourth-order valence-electron chi connectivity index (χ4n) is 2.63. The number of thiophene rings is 1. The van der Waals surface area contributed by atoms with Crippen LogP contribution in [0.5, 0.6) is 0 Å². The first-order valence-electron chi connectivity index (χ1n) is 6.18. The van der Waals surface area contributed by atoms with Gasteiger partial charge in [-0.15, -0.1) is 11.3 Å². The number of hydrogen-bond donors (Lipinski definition) is 1. The van der Waals surface area contributed by atoms with Crippen molar-refractivity contribution in [2.45, 2.75) is 51.6 Å². The van der Waals surface area contributed by atoms with E-state index in [4.69, 9.17) is 11.6 Å². The molecular weight excluding hydrogens is 238 g/mol. The lowest BCUT2D eigenvalue weighted by Crippen LogP contribution is -2.33. The molecule has 1 nitrogen and oxygen atoms in total. The summed E-state index contributed by atoms with van der Waals surface area (Å²) in [5.74, 6) is 0.873. The average molecular weight is 258 g/mol. The van der Waals surface area contributed by atoms with Crippen LogP contribution < -0.4 is 5.32 Å². The smallest absolute Gasteiger partial charge is 0.0931 e. The third-order valence-electron chi connectivity index (χ3n) is 3.64. The topological polar surface area (TPSA) is 12.0 Å². The van der Waals surface area contributed by atoms with Crippen LogP contribution in [0.15, 0.2) is 12.1 Å². The lowest BCUT2D eigenvalue weighted by Gasteiger charge is -2.24. The molecule has 3 heteroatoms. The van der Waals surface area contributed by atoms with Crippen molar-refractivity contribution >= 4 is 22.9 Å². The molecule has 0 aliphatic heterocycles. The van der Waals surface area contributed by atoms with Crippen molar-refractivity contribution in [1.29, 1.82) is 0 Å². The highest BCUT2D eigenvalue weighted by Crippen LogP contribution is 2.31. The minimum absolute atomic E-state index is 0.424. The number of rotatable bonds is 4. The summed E-state index contributed by atoms with van der Waals surface area (Å²) in [4.78, 5) is 1.34. The molecule has 0 amide bonds. The number of hydrogen-bond acceptors (Lipinski definition) is 2. The second kappa shape index (κ2) is 5.52. The Morgan fingerprint density at radius 1 is 1.31 bits per heavy atom. The van der Waals surface area contributed by atoms with Gasteiger partial charge in [-0.3, -0.25) is 0 Å². The van der Waals surface area contributed by atoms with Gasteiger partial charge in [-0.1, -0.05) is 24.4 Å². The maximum Gasteiger partial charge on any atom is 0.0931 e. The van der Waals surface area contributed by atoms with Crippen LogP contribution in [0.25, 0.3) is 0 Å². The van der Waals surface area contributed by atoms with Gasteiger partial charge >= 0.3 is 0 Å². The van der Waals surface area contributed by atoms with Crippen LogP contribution in [0.4, 0.5) is 0 Å². The second-order valence-corrected chi connectivity index (χ2v) is 6.61. The molecule has 0 radical (unpaired) electrons. The Labute approximate surface area is 107 Å². The van der Waals surface area contributed by atoms with Gasteiger partial charge in [0.15, 0.2) is 0 Å². The summed E-state index contributed by atoms with van der Waals surface area (Å²) < 4.78 is 0.886. The van der Waals surface area contributed by atoms with E-state index in [2.05, 4.69) is 25.2 Å². The summed E-state index contributed by atoms with van der Waals surface area (Å²) in [6.07, 6.45) is 5.62. The molecular formula is C13H20ClNS. The zero-order valence-electron chi connectivity index (χ0n) is 10.0. The lowest BCUT2D eigenvalue weighted by molar-refractivity contribution is 0.354. The van der Waals surface area contributed by atoms with E-state index in [9.17, 15) is 0 Å². The molecule has 0 aromatic carbocycles. The molecule has 1 heterocycles. The predicted molar refractivity (Wildman–Crippen MR) is 72.3 cm³/mol. The Morgan fingerprint density at radius 2 is 2.00 bits per heavy atom. The predicted octanol–water partition coefficient (Wildman–Crippen LogP) is 4.63. The molecule has 1 N–H and O–H groups in total. The van der Waals surface area contributed by atoms with Crippen molar-refractivity contribution in [3.8, 4) is 0 Å². The number of halogens is 1. The summed E-state index contributed by atoms with van der Waals surface area (Å²) >= 11 is 7.64. The van der Waals surface area contributed by atoms with Crippen LogP contribution in [0.2, 0.25) is 4.34 Å². The van der Waals surface area contributed by atoms with Crippen molar-refractivity contribution in [3.05, 3.63) is 21.3 Å². The minimum atomic E-state index is 0.424. The van der Waals surface area contributed by atoms with Gasteiger partial charge in [0.2, 0.25) is 0 Å². The van der Waals surface area contributed by atoms with E-state index in [0.717, 1.165) is 10.3 Å². The van der Waals surface area contributed by atoms with Crippen LogP contribution in [-0.4, -0.2) is 6.04 Å². The Kier molecular flexibility index (Phi) is 4.28. The van der Waals surface area contributed by atoms with Crippen molar-refractivity contribution in [2.24, 2.45) is 5.92 Å². The van der Waals surface area contributed by atoms with Gasteiger partial charge in [0.05, 0.1) is 4.34 Å². The van der Waals surface area contributed by atoms with E-state index < -0.39 is 0 Å². The molecule has 1 fully saturated rings. The van der Waals surface area contributed by atoms with E-state index >= 15 is 0 Å². The van der Waals surface area contributed by atoms with E-state index in [1.807, 2.05) is 6.07 Å². The molecule has 0 bridgehead atoms. The SMILES string of the molecule is CC(NC(C)C1CCCC1)c1ccc(Cl)s1. The highest BCUT2D eigenvalue weighted by atomic mass is 35.5. The quantitative estimate of drug-likeness (QED) is 0.829. The number of nitrogens with one attached hydrogen (secondary N) is 1. The molecule has 1 aliphatic rings. The third-order valence-corrected chi connectivity index (χ3v) is 5.05. The first-order valence-corrected chi connectivity index (χ1v) is 7.37. The Hall–Kier alpha value is -0.0500. The molecule has 1 aromatic rings. The zero-order chi connectivity index (χ0) is 11.5. The zero-order valence-corrected chi connectivity index (χ0v) is 11.6. The van der Waals surface area contributed by atoms with Gasteiger partial charge in [0.25, 0.3) is 0 Å². The molecule has 1 aromatic heterocycles. The van der Waals surface area contributed by atoms with E-state index in [1.165, 1.54) is 30.6 Å². The normalized spacial score (nSPS) is 21.2. The highest BCUT2D eigenvalue weighted by molar-refractivity contribution is 7.16. The largest absolute Gasteiger partial charge is 0.307 e. The first kappa shape index (κ1) is 12.4. The fourth-order valence-corrected chi connectivity index (χ4v) is 3.70. The average Bonchev–Trinajstić information content (AvgIpc) is 2.87. The van der Waals surface area contributed by atoms with E-state index in [1.54, 1.807) is 11.3 Å². The van der Waals surface area contributed by atoms with Gasteiger partial charge in [-0.05, 0) is 44.7 Å². The Bertz CT molecular complexity index is 330. The molecule has 0 spiro atoms. The van der Waals surface area contributed by atoms with Gasteiger partial charge in [0, 0.05) is 17.0 Å². The molecule has 16 heavy (non-hydrogen) atoms. The van der Waals surface area contributed by atoms with Crippen molar-refractivity contribution < 1.29 is 0 Å². The standard InChI is InChI=1S/C13H20ClNS/c1-9(11-5-3-4-6-11)15-10(2)12-7-8-13(14)16-12/h7-11,15H,3-6H2,1-2H3. The molecule has 2 atom stereocenters. The summed E-state index contributed by atoms with van der Waals surface area (Å²) in [5, 5.41) is 3.70. The summed E-state index contributed by atoms with van der Waals surface area (Å²) in [5.41, 5.74) is 0. The maximum atomic E-state index is 5.96. The minimum Gasteiger partial charge on any atom is -0.307 e. The molecule has 2 rings (SSSR count). The fraction of sp³-hybridized carbons (Fsp3) is 0.692. The van der Waals surface area contributed by atoms with Gasteiger partial charge in [-0.2, -0.15) is 0 Å². The molecule has 1 saturated carbocycles. The van der Waals surface area contributed by atoms with Gasteiger partial charge in [0.1, 0.15) is 0 Å². The summed E-state index contributed by atoms with van der Waals surface area (Å²) in [6, 6.07) is 5.16. The highest BCUT2D eigenvalue weighted by Gasteiger charge is 2.23. The van der Waals surface area contributed by atoms with Gasteiger partial charge < -0.3 is 5.32 Å². The lowest BCUT2D eigenvalue weighted by atomic mass is 9.99. The van der Waals surface area contributed by atoms with E-state index in [-0.39, 0.29) is 0 Å². The monoisotopic (exact) mass is 257 g/mol. The summed E-state index contributed by atoms with van der Waals surface area (Å²) in [6.45, 7) is 4.55. The maximum absolute atomic E-state index is 5.96. The second-order valence-electron chi connectivity index (χ2n) is 4.86.